The zero-order chi connectivity index (χ0) is 10.1. The van der Waals surface area contributed by atoms with Crippen LogP contribution in [0.3, 0.4) is 0 Å². The number of hydrogen-bond acceptors (Lipinski definition) is 2. The van der Waals surface area contributed by atoms with Gasteiger partial charge in [0.15, 0.2) is 6.29 Å². The summed E-state index contributed by atoms with van der Waals surface area (Å²) in [6.45, 7) is 0.684. The first-order valence-electron chi connectivity index (χ1n) is 4.24. The Balaban J connectivity index is 2.67. The number of carbonyl (C=O) groups excluding carboxylic acids is 1. The van der Waals surface area contributed by atoms with Gasteiger partial charge < -0.3 is 4.57 Å². The van der Waals surface area contributed by atoms with Crippen LogP contribution in [0, 0.1) is 4.78 Å². The lowest BCUT2D eigenvalue weighted by Gasteiger charge is -2.00. The first kappa shape index (κ1) is 9.36. The summed E-state index contributed by atoms with van der Waals surface area (Å²) in [7, 11) is 1.11. The van der Waals surface area contributed by atoms with E-state index in [2.05, 4.69) is 4.72 Å². The molecule has 2 heterocycles. The van der Waals surface area contributed by atoms with Gasteiger partial charge in [0.1, 0.15) is 0 Å². The zero-order valence-electron chi connectivity index (χ0n) is 7.78. The van der Waals surface area contributed by atoms with Gasteiger partial charge in [-0.05, 0) is 10.9 Å². The van der Waals surface area contributed by atoms with Crippen LogP contribution in [0.5, 0.6) is 0 Å². The molecular weight excluding hydrogens is 198 g/mol. The Bertz CT molecular complexity index is 434. The van der Waals surface area contributed by atoms with Crippen LogP contribution < -0.4 is 4.72 Å². The fraction of sp³-hybridized carbons (Fsp3) is 0.222. The van der Waals surface area contributed by atoms with Gasteiger partial charge in [0.25, 0.3) is 0 Å². The number of fused-ring (bicyclic) bond motifs is 1. The molecule has 2 rings (SSSR count). The number of aldehydes is 1. The number of rotatable bonds is 1. The lowest BCUT2D eigenvalue weighted by molar-refractivity contribution is 0.111. The number of aromatic nitrogens is 1. The van der Waals surface area contributed by atoms with Crippen LogP contribution in [-0.4, -0.2) is 17.4 Å². The van der Waals surface area contributed by atoms with E-state index in [1.165, 1.54) is 0 Å². The minimum absolute atomic E-state index is 0.643. The molecule has 0 bridgehead atoms. The van der Waals surface area contributed by atoms with E-state index in [9.17, 15) is 4.79 Å². The zero-order valence-corrected chi connectivity index (χ0v) is 8.60. The molecule has 1 aliphatic heterocycles. The molecule has 74 valence electrons. The monoisotopic (exact) mass is 209 g/mol. The first-order chi connectivity index (χ1) is 6.74. The SMILES string of the molecule is Cn1cc2c(c1C=O)C=CCNS2=N. The smallest absolute Gasteiger partial charge is 0.167 e. The highest BCUT2D eigenvalue weighted by Crippen LogP contribution is 2.21. The molecule has 0 amide bonds. The predicted octanol–water partition coefficient (Wildman–Crippen LogP) is 1.11. The van der Waals surface area contributed by atoms with Gasteiger partial charge in [-0.15, -0.1) is 0 Å². The second-order valence-electron chi connectivity index (χ2n) is 3.08. The molecule has 0 aromatic carbocycles. The fourth-order valence-corrected chi connectivity index (χ4v) is 2.57. The number of nitrogens with one attached hydrogen (secondary N) is 2. The minimum atomic E-state index is -0.716. The van der Waals surface area contributed by atoms with Gasteiger partial charge in [0.2, 0.25) is 0 Å². The molecule has 1 aromatic heterocycles. The van der Waals surface area contributed by atoms with Crippen molar-refractivity contribution in [2.24, 2.45) is 7.05 Å². The maximum Gasteiger partial charge on any atom is 0.167 e. The van der Waals surface area contributed by atoms with E-state index in [-0.39, 0.29) is 0 Å². The minimum Gasteiger partial charge on any atom is -0.347 e. The van der Waals surface area contributed by atoms with Gasteiger partial charge in [-0.25, -0.2) is 4.72 Å². The molecule has 1 atom stereocenters. The Hall–Kier alpha value is -1.20. The van der Waals surface area contributed by atoms with E-state index >= 15 is 0 Å². The number of aryl methyl sites for hydroxylation is 1. The maximum atomic E-state index is 10.8. The normalized spacial score (nSPS) is 20.2. The second-order valence-corrected chi connectivity index (χ2v) is 4.42. The molecule has 0 saturated carbocycles. The van der Waals surface area contributed by atoms with E-state index in [4.69, 9.17) is 4.78 Å². The van der Waals surface area contributed by atoms with Gasteiger partial charge in [-0.3, -0.25) is 9.57 Å². The van der Waals surface area contributed by atoms with E-state index in [1.54, 1.807) is 4.57 Å². The molecule has 5 heteroatoms. The van der Waals surface area contributed by atoms with Crippen molar-refractivity contribution in [2.45, 2.75) is 4.90 Å². The Morgan fingerprint density at radius 3 is 3.21 bits per heavy atom. The fourth-order valence-electron chi connectivity index (χ4n) is 1.49. The Kier molecular flexibility index (Phi) is 2.35. The molecule has 1 unspecified atom stereocenters. The number of nitrogens with zero attached hydrogens (tertiary/aromatic N) is 1. The standard InChI is InChI=1S/C9H11N3OS/c1-12-5-9-7(8(12)6-13)3-2-4-11-14(9)10/h2-3,5-6H,4H2,1H3,(H2,10,11). The van der Waals surface area contributed by atoms with Crippen molar-refractivity contribution >= 4 is 23.2 Å². The summed E-state index contributed by atoms with van der Waals surface area (Å²) in [6, 6.07) is 0. The van der Waals surface area contributed by atoms with Crippen LogP contribution in [0.25, 0.3) is 6.08 Å². The summed E-state index contributed by atoms with van der Waals surface area (Å²) in [5, 5.41) is 0. The number of hydrogen-bond donors (Lipinski definition) is 2. The molecule has 0 saturated heterocycles. The molecule has 1 aromatic rings. The summed E-state index contributed by atoms with van der Waals surface area (Å²) in [5.41, 5.74) is 1.52. The van der Waals surface area contributed by atoms with Crippen molar-refractivity contribution < 1.29 is 4.79 Å². The third kappa shape index (κ3) is 1.34. The van der Waals surface area contributed by atoms with Gasteiger partial charge in [0.05, 0.1) is 10.6 Å². The van der Waals surface area contributed by atoms with Gasteiger partial charge in [0, 0.05) is 25.4 Å². The first-order valence-corrected chi connectivity index (χ1v) is 5.46. The molecular formula is C9H11N3OS. The van der Waals surface area contributed by atoms with Crippen molar-refractivity contribution in [3.05, 3.63) is 23.5 Å². The quantitative estimate of drug-likeness (QED) is 0.681. The lowest BCUT2D eigenvalue weighted by Crippen LogP contribution is -2.14. The molecule has 2 N–H and O–H groups in total. The molecule has 4 nitrogen and oxygen atoms in total. The summed E-state index contributed by atoms with van der Waals surface area (Å²) < 4.78 is 12.6. The third-order valence-electron chi connectivity index (χ3n) is 2.19. The van der Waals surface area contributed by atoms with Crippen molar-refractivity contribution in [2.75, 3.05) is 6.54 Å². The third-order valence-corrected chi connectivity index (χ3v) is 3.41. The van der Waals surface area contributed by atoms with E-state index in [1.807, 2.05) is 25.4 Å². The molecule has 0 aliphatic carbocycles. The summed E-state index contributed by atoms with van der Waals surface area (Å²) >= 11 is 0. The Morgan fingerprint density at radius 2 is 2.50 bits per heavy atom. The van der Waals surface area contributed by atoms with Crippen LogP contribution >= 0.6 is 0 Å². The summed E-state index contributed by atoms with van der Waals surface area (Å²) in [6.07, 6.45) is 6.53. The maximum absolute atomic E-state index is 10.8. The van der Waals surface area contributed by atoms with Crippen LogP contribution in [0.15, 0.2) is 17.2 Å². The van der Waals surface area contributed by atoms with Gasteiger partial charge >= 0.3 is 0 Å². The highest BCUT2D eigenvalue weighted by atomic mass is 32.2. The van der Waals surface area contributed by atoms with E-state index in [0.29, 0.717) is 12.2 Å². The molecule has 0 fully saturated rings. The highest BCUT2D eigenvalue weighted by Gasteiger charge is 2.15. The molecule has 0 spiro atoms. The van der Waals surface area contributed by atoms with Crippen molar-refractivity contribution in [1.29, 1.82) is 4.78 Å². The summed E-state index contributed by atoms with van der Waals surface area (Å²) in [5.74, 6) is 0. The van der Waals surface area contributed by atoms with Crippen molar-refractivity contribution in [3.8, 4) is 0 Å². The highest BCUT2D eigenvalue weighted by molar-refractivity contribution is 7.84. The van der Waals surface area contributed by atoms with Crippen LogP contribution in [0.4, 0.5) is 0 Å². The van der Waals surface area contributed by atoms with Crippen LogP contribution in [0.2, 0.25) is 0 Å². The van der Waals surface area contributed by atoms with E-state index < -0.39 is 10.9 Å². The largest absolute Gasteiger partial charge is 0.347 e. The predicted molar refractivity (Wildman–Crippen MR) is 56.2 cm³/mol. The van der Waals surface area contributed by atoms with Crippen LogP contribution in [0.1, 0.15) is 16.1 Å². The lowest BCUT2D eigenvalue weighted by atomic mass is 10.2. The number of carbonyl (C=O) groups is 1. The Labute approximate surface area is 84.6 Å². The molecule has 1 aliphatic rings. The van der Waals surface area contributed by atoms with Gasteiger partial charge in [-0.1, -0.05) is 12.2 Å². The molecule has 0 radical (unpaired) electrons. The van der Waals surface area contributed by atoms with Crippen molar-refractivity contribution in [3.63, 3.8) is 0 Å². The molecule has 14 heavy (non-hydrogen) atoms. The topological polar surface area (TPSA) is 57.9 Å². The summed E-state index contributed by atoms with van der Waals surface area (Å²) in [4.78, 5) is 11.7. The Morgan fingerprint density at radius 1 is 1.71 bits per heavy atom. The van der Waals surface area contributed by atoms with Gasteiger partial charge in [-0.2, -0.15) is 0 Å². The van der Waals surface area contributed by atoms with Crippen LogP contribution in [-0.2, 0) is 17.9 Å². The average molecular weight is 209 g/mol. The average Bonchev–Trinajstić information content (AvgIpc) is 2.39. The second kappa shape index (κ2) is 3.51. The van der Waals surface area contributed by atoms with Crippen molar-refractivity contribution in [1.82, 2.24) is 9.29 Å². The van der Waals surface area contributed by atoms with E-state index in [0.717, 1.165) is 16.7 Å².